The van der Waals surface area contributed by atoms with Gasteiger partial charge in [-0.25, -0.2) is 4.57 Å². The van der Waals surface area contributed by atoms with E-state index in [0.29, 0.717) is 32.5 Å². The van der Waals surface area contributed by atoms with Crippen molar-refractivity contribution in [2.75, 3.05) is 32.8 Å². The van der Waals surface area contributed by atoms with Crippen molar-refractivity contribution in [3.05, 3.63) is 0 Å². The molecule has 0 aliphatic carbocycles. The average molecular weight is 734 g/mol. The van der Waals surface area contributed by atoms with Crippen LogP contribution in [-0.4, -0.2) is 60.9 Å². The maximum absolute atomic E-state index is 12.8. The number of nitrogens with two attached hydrogens (primary N) is 1. The molecule has 0 saturated heterocycles. The molecule has 0 aliphatic heterocycles. The molecule has 0 saturated carbocycles. The van der Waals surface area contributed by atoms with Crippen molar-refractivity contribution < 1.29 is 28.4 Å². The van der Waals surface area contributed by atoms with Gasteiger partial charge in [-0.05, 0) is 12.8 Å². The number of carbonyl (C=O) groups excluding carboxylic acids is 1. The smallest absolute Gasteiger partial charge is 0.391 e. The van der Waals surface area contributed by atoms with Crippen molar-refractivity contribution in [2.45, 2.75) is 219 Å². The van der Waals surface area contributed by atoms with E-state index < -0.39 is 20.0 Å². The van der Waals surface area contributed by atoms with Gasteiger partial charge in [-0.1, -0.05) is 187 Å². The topological polar surface area (TPSA) is 143 Å². The maximum Gasteiger partial charge on any atom is 0.472 e. The number of amides is 1. The van der Waals surface area contributed by atoms with E-state index in [4.69, 9.17) is 14.8 Å². The fraction of sp³-hybridized carbons (Fsp3) is 0.975. The van der Waals surface area contributed by atoms with Gasteiger partial charge in [0, 0.05) is 26.1 Å². The molecule has 50 heavy (non-hydrogen) atoms. The van der Waals surface area contributed by atoms with Gasteiger partial charge >= 0.3 is 7.82 Å². The van der Waals surface area contributed by atoms with Crippen molar-refractivity contribution in [1.29, 1.82) is 0 Å². The Morgan fingerprint density at radius 2 is 1.02 bits per heavy atom. The summed E-state index contributed by atoms with van der Waals surface area (Å²) < 4.78 is 22.7. The molecule has 10 heteroatoms. The molecule has 9 nitrogen and oxygen atoms in total. The van der Waals surface area contributed by atoms with Gasteiger partial charge in [-0.2, -0.15) is 0 Å². The predicted octanol–water partition coefficient (Wildman–Crippen LogP) is 10.3. The Kier molecular flexibility index (Phi) is 37.8. The first-order valence-electron chi connectivity index (χ1n) is 21.4. The standard InChI is InChI=1S/C40H84N3O6P/c1-3-5-7-9-11-13-15-17-18-20-22-24-26-28-30-32-40(45)43-38(37-49-50(46,47)48-36-35-42-34-33-41)39(44)31-29-27-25-23-21-19-16-14-12-10-8-6-4-2/h38-39,42,44H,3-37,41H2,1-2H3,(H,43,45)(H,46,47)/t38-,39+/m0/s1. The number of rotatable bonds is 41. The third-order valence-corrected chi connectivity index (χ3v) is 10.7. The Balaban J connectivity index is 4.33. The van der Waals surface area contributed by atoms with E-state index >= 15 is 0 Å². The van der Waals surface area contributed by atoms with Crippen LogP contribution in [0.25, 0.3) is 0 Å². The van der Waals surface area contributed by atoms with Crippen molar-refractivity contribution in [3.63, 3.8) is 0 Å². The molecule has 1 unspecified atom stereocenters. The highest BCUT2D eigenvalue weighted by atomic mass is 31.2. The molecule has 0 spiro atoms. The molecule has 0 aromatic carbocycles. The lowest BCUT2D eigenvalue weighted by Crippen LogP contribution is -2.46. The third-order valence-electron chi connectivity index (χ3n) is 9.69. The molecule has 0 aromatic heterocycles. The molecule has 0 aromatic rings. The number of aliphatic hydroxyl groups excluding tert-OH is 1. The van der Waals surface area contributed by atoms with Gasteiger partial charge in [0.25, 0.3) is 0 Å². The Morgan fingerprint density at radius 1 is 0.620 bits per heavy atom. The van der Waals surface area contributed by atoms with E-state index in [1.165, 1.54) is 141 Å². The normalized spacial score (nSPS) is 14.1. The van der Waals surface area contributed by atoms with Gasteiger partial charge in [0.1, 0.15) is 0 Å². The summed E-state index contributed by atoms with van der Waals surface area (Å²) in [5.41, 5.74) is 5.44. The molecule has 0 radical (unpaired) electrons. The molecule has 3 atom stereocenters. The van der Waals surface area contributed by atoms with E-state index in [9.17, 15) is 19.4 Å². The Hall–Kier alpha value is -0.540. The fourth-order valence-electron chi connectivity index (χ4n) is 6.43. The summed E-state index contributed by atoms with van der Waals surface area (Å²) in [6.07, 6.45) is 35.2. The molecular weight excluding hydrogens is 649 g/mol. The summed E-state index contributed by atoms with van der Waals surface area (Å²) in [7, 11) is -4.33. The average Bonchev–Trinajstić information content (AvgIpc) is 3.10. The van der Waals surface area contributed by atoms with Crippen molar-refractivity contribution in [2.24, 2.45) is 5.73 Å². The van der Waals surface area contributed by atoms with Crippen LogP contribution < -0.4 is 16.4 Å². The number of aliphatic hydroxyl groups is 1. The quantitative estimate of drug-likeness (QED) is 0.0309. The summed E-state index contributed by atoms with van der Waals surface area (Å²) >= 11 is 0. The summed E-state index contributed by atoms with van der Waals surface area (Å²) in [5, 5.41) is 16.9. The number of unbranched alkanes of at least 4 members (excludes halogenated alkanes) is 26. The molecule has 6 N–H and O–H groups in total. The highest BCUT2D eigenvalue weighted by molar-refractivity contribution is 7.47. The van der Waals surface area contributed by atoms with Crippen LogP contribution >= 0.6 is 7.82 Å². The number of nitrogens with one attached hydrogen (secondary N) is 2. The van der Waals surface area contributed by atoms with Crippen LogP contribution in [0.2, 0.25) is 0 Å². The van der Waals surface area contributed by atoms with E-state index in [1.54, 1.807) is 0 Å². The predicted molar refractivity (Wildman–Crippen MR) is 211 cm³/mol. The van der Waals surface area contributed by atoms with Crippen molar-refractivity contribution in [3.8, 4) is 0 Å². The second kappa shape index (κ2) is 38.2. The second-order valence-corrected chi connectivity index (χ2v) is 16.1. The Labute approximate surface area is 309 Å². The molecule has 0 bridgehead atoms. The molecule has 0 fully saturated rings. The highest BCUT2D eigenvalue weighted by Crippen LogP contribution is 2.43. The summed E-state index contributed by atoms with van der Waals surface area (Å²) in [5.74, 6) is -0.155. The lowest BCUT2D eigenvalue weighted by atomic mass is 10.0. The number of phosphoric acid groups is 1. The summed E-state index contributed by atoms with van der Waals surface area (Å²) in [6, 6.07) is -0.768. The first-order valence-corrected chi connectivity index (χ1v) is 22.9. The fourth-order valence-corrected chi connectivity index (χ4v) is 7.17. The first-order chi connectivity index (χ1) is 24.4. The second-order valence-electron chi connectivity index (χ2n) is 14.6. The van der Waals surface area contributed by atoms with Gasteiger partial charge in [-0.15, -0.1) is 0 Å². The van der Waals surface area contributed by atoms with E-state index in [2.05, 4.69) is 24.5 Å². The molecule has 0 aliphatic rings. The van der Waals surface area contributed by atoms with Crippen LogP contribution in [0.3, 0.4) is 0 Å². The van der Waals surface area contributed by atoms with Crippen LogP contribution in [0.5, 0.6) is 0 Å². The monoisotopic (exact) mass is 734 g/mol. The number of hydrogen-bond donors (Lipinski definition) is 5. The highest BCUT2D eigenvalue weighted by Gasteiger charge is 2.27. The molecule has 0 rings (SSSR count). The van der Waals surface area contributed by atoms with E-state index in [-0.39, 0.29) is 19.1 Å². The first kappa shape index (κ1) is 49.5. The number of carbonyl (C=O) groups is 1. The van der Waals surface area contributed by atoms with Crippen LogP contribution in [-0.2, 0) is 18.4 Å². The zero-order chi connectivity index (χ0) is 36.8. The number of phosphoric ester groups is 1. The molecule has 300 valence electrons. The molecular formula is C40H84N3O6P. The molecule has 1 amide bonds. The lowest BCUT2D eigenvalue weighted by molar-refractivity contribution is -0.123. The third kappa shape index (κ3) is 35.8. The SMILES string of the molecule is CCCCCCCCCCCCCCCCCC(=O)N[C@@H](COP(=O)(O)OCCNCCN)[C@H](O)CCCCCCCCCCCCCCC. The van der Waals surface area contributed by atoms with Crippen LogP contribution in [0.15, 0.2) is 0 Å². The maximum atomic E-state index is 12.8. The zero-order valence-electron chi connectivity index (χ0n) is 33.0. The van der Waals surface area contributed by atoms with Gasteiger partial charge in [-0.3, -0.25) is 13.8 Å². The van der Waals surface area contributed by atoms with Crippen molar-refractivity contribution >= 4 is 13.7 Å². The minimum atomic E-state index is -4.33. The van der Waals surface area contributed by atoms with Crippen LogP contribution in [0.4, 0.5) is 0 Å². The van der Waals surface area contributed by atoms with Gasteiger partial charge < -0.3 is 26.4 Å². The van der Waals surface area contributed by atoms with Crippen LogP contribution in [0, 0.1) is 0 Å². The van der Waals surface area contributed by atoms with Gasteiger partial charge in [0.2, 0.25) is 5.91 Å². The minimum absolute atomic E-state index is 0.00842. The van der Waals surface area contributed by atoms with Gasteiger partial charge in [0.05, 0.1) is 25.4 Å². The zero-order valence-corrected chi connectivity index (χ0v) is 33.8. The van der Waals surface area contributed by atoms with E-state index in [1.807, 2.05) is 0 Å². The Bertz CT molecular complexity index is 763. The number of hydrogen-bond acceptors (Lipinski definition) is 7. The Morgan fingerprint density at radius 3 is 1.44 bits per heavy atom. The lowest BCUT2D eigenvalue weighted by Gasteiger charge is -2.25. The van der Waals surface area contributed by atoms with Crippen LogP contribution in [0.1, 0.15) is 206 Å². The largest absolute Gasteiger partial charge is 0.472 e. The van der Waals surface area contributed by atoms with E-state index in [0.717, 1.165) is 38.5 Å². The molecule has 0 heterocycles. The minimum Gasteiger partial charge on any atom is -0.391 e. The van der Waals surface area contributed by atoms with Crippen molar-refractivity contribution in [1.82, 2.24) is 10.6 Å². The van der Waals surface area contributed by atoms with Gasteiger partial charge in [0.15, 0.2) is 0 Å². The summed E-state index contributed by atoms with van der Waals surface area (Å²) in [6.45, 7) is 5.64. The summed E-state index contributed by atoms with van der Waals surface area (Å²) in [4.78, 5) is 23.0.